The highest BCUT2D eigenvalue weighted by Gasteiger charge is 2.27. The molecular weight excluding hydrogens is 324 g/mol. The second-order valence-electron chi connectivity index (χ2n) is 4.79. The Balaban J connectivity index is 0.00000256. The van der Waals surface area contributed by atoms with Crippen molar-refractivity contribution in [3.05, 3.63) is 20.8 Å². The van der Waals surface area contributed by atoms with E-state index in [9.17, 15) is 4.79 Å². The second kappa shape index (κ2) is 6.73. The molecule has 1 amide bonds. The van der Waals surface area contributed by atoms with Crippen molar-refractivity contribution >= 4 is 45.6 Å². The molecule has 0 aliphatic carbocycles. The SMILES string of the molecule is CC(C)(C)[C@H](N)C(=O)NCc1cc(Br)cs1.Cl. The van der Waals surface area contributed by atoms with E-state index in [4.69, 9.17) is 5.73 Å². The lowest BCUT2D eigenvalue weighted by atomic mass is 9.87. The number of hydrogen-bond donors (Lipinski definition) is 2. The Morgan fingerprint density at radius 1 is 1.59 bits per heavy atom. The maximum absolute atomic E-state index is 11.7. The average Bonchev–Trinajstić information content (AvgIpc) is 2.58. The third kappa shape index (κ3) is 5.38. The average molecular weight is 342 g/mol. The normalized spacial score (nSPS) is 12.8. The van der Waals surface area contributed by atoms with Gasteiger partial charge in [0.05, 0.1) is 12.6 Å². The second-order valence-corrected chi connectivity index (χ2v) is 6.70. The Kier molecular flexibility index (Phi) is 6.69. The molecule has 3 nitrogen and oxygen atoms in total. The largest absolute Gasteiger partial charge is 0.350 e. The summed E-state index contributed by atoms with van der Waals surface area (Å²) in [5.41, 5.74) is 5.64. The highest BCUT2D eigenvalue weighted by Crippen LogP contribution is 2.20. The van der Waals surface area contributed by atoms with Crippen LogP contribution in [0.25, 0.3) is 0 Å². The molecule has 1 aromatic heterocycles. The predicted octanol–water partition coefficient (Wildman–Crippen LogP) is 2.92. The summed E-state index contributed by atoms with van der Waals surface area (Å²) in [6.07, 6.45) is 0. The Labute approximate surface area is 121 Å². The molecule has 3 N–H and O–H groups in total. The van der Waals surface area contributed by atoms with E-state index in [1.165, 1.54) is 0 Å². The summed E-state index contributed by atoms with van der Waals surface area (Å²) in [6.45, 7) is 6.41. The molecule has 0 bridgehead atoms. The quantitative estimate of drug-likeness (QED) is 0.888. The molecule has 1 heterocycles. The van der Waals surface area contributed by atoms with Gasteiger partial charge in [-0.05, 0) is 27.4 Å². The number of amides is 1. The molecule has 1 rings (SSSR count). The zero-order valence-electron chi connectivity index (χ0n) is 10.1. The smallest absolute Gasteiger partial charge is 0.237 e. The topological polar surface area (TPSA) is 55.1 Å². The molecule has 0 saturated carbocycles. The van der Waals surface area contributed by atoms with Crippen molar-refractivity contribution in [2.45, 2.75) is 33.4 Å². The fourth-order valence-electron chi connectivity index (χ4n) is 1.12. The summed E-state index contributed by atoms with van der Waals surface area (Å²) in [5, 5.41) is 4.84. The molecule has 6 heteroatoms. The predicted molar refractivity (Wildman–Crippen MR) is 78.5 cm³/mol. The van der Waals surface area contributed by atoms with Crippen LogP contribution >= 0.6 is 39.7 Å². The van der Waals surface area contributed by atoms with Crippen LogP contribution in [0.15, 0.2) is 15.9 Å². The van der Waals surface area contributed by atoms with Crippen LogP contribution in [0.2, 0.25) is 0 Å². The van der Waals surface area contributed by atoms with E-state index >= 15 is 0 Å². The van der Waals surface area contributed by atoms with Gasteiger partial charge in [-0.25, -0.2) is 0 Å². The van der Waals surface area contributed by atoms with E-state index in [-0.39, 0.29) is 23.7 Å². The lowest BCUT2D eigenvalue weighted by Gasteiger charge is -2.25. The van der Waals surface area contributed by atoms with Gasteiger partial charge in [-0.1, -0.05) is 20.8 Å². The number of carbonyl (C=O) groups is 1. The number of nitrogens with two attached hydrogens (primary N) is 1. The molecule has 0 radical (unpaired) electrons. The van der Waals surface area contributed by atoms with Crippen LogP contribution in [-0.2, 0) is 11.3 Å². The fraction of sp³-hybridized carbons (Fsp3) is 0.545. The molecule has 17 heavy (non-hydrogen) atoms. The standard InChI is InChI=1S/C11H17BrN2OS.ClH/c1-11(2,3)9(13)10(15)14-5-8-4-7(12)6-16-8;/h4,6,9H,5,13H2,1-3H3,(H,14,15);1H/t9-;/m1./s1. The van der Waals surface area contributed by atoms with Gasteiger partial charge in [-0.15, -0.1) is 23.7 Å². The first-order valence-electron chi connectivity index (χ1n) is 5.07. The first kappa shape index (κ1) is 16.9. The zero-order valence-corrected chi connectivity index (χ0v) is 13.3. The van der Waals surface area contributed by atoms with Gasteiger partial charge in [0.15, 0.2) is 0 Å². The van der Waals surface area contributed by atoms with E-state index in [1.807, 2.05) is 32.2 Å². The van der Waals surface area contributed by atoms with Crippen molar-refractivity contribution in [3.63, 3.8) is 0 Å². The van der Waals surface area contributed by atoms with E-state index in [0.717, 1.165) is 9.35 Å². The molecular formula is C11H18BrClN2OS. The van der Waals surface area contributed by atoms with Gasteiger partial charge in [0.25, 0.3) is 0 Å². The Hall–Kier alpha value is -0.100. The number of thiophene rings is 1. The monoisotopic (exact) mass is 340 g/mol. The maximum Gasteiger partial charge on any atom is 0.237 e. The van der Waals surface area contributed by atoms with Crippen molar-refractivity contribution in [3.8, 4) is 0 Å². The van der Waals surface area contributed by atoms with Gasteiger partial charge in [0.1, 0.15) is 0 Å². The molecule has 0 saturated heterocycles. The lowest BCUT2D eigenvalue weighted by Crippen LogP contribution is -2.48. The molecule has 0 aliphatic heterocycles. The van der Waals surface area contributed by atoms with Crippen LogP contribution in [0, 0.1) is 5.41 Å². The number of hydrogen-bond acceptors (Lipinski definition) is 3. The Bertz CT molecular complexity index is 376. The van der Waals surface area contributed by atoms with E-state index in [1.54, 1.807) is 11.3 Å². The number of rotatable bonds is 3. The minimum atomic E-state index is -0.476. The minimum absolute atomic E-state index is 0. The van der Waals surface area contributed by atoms with Crippen molar-refractivity contribution in [1.82, 2.24) is 5.32 Å². The Morgan fingerprint density at radius 3 is 2.59 bits per heavy atom. The van der Waals surface area contributed by atoms with Gasteiger partial charge < -0.3 is 11.1 Å². The number of nitrogens with one attached hydrogen (secondary N) is 1. The van der Waals surface area contributed by atoms with Crippen molar-refractivity contribution < 1.29 is 4.79 Å². The van der Waals surface area contributed by atoms with Crippen molar-refractivity contribution in [2.75, 3.05) is 0 Å². The van der Waals surface area contributed by atoms with Crippen LogP contribution < -0.4 is 11.1 Å². The van der Waals surface area contributed by atoms with Crippen LogP contribution in [0.5, 0.6) is 0 Å². The fourth-order valence-corrected chi connectivity index (χ4v) is 2.51. The van der Waals surface area contributed by atoms with Gasteiger partial charge in [0, 0.05) is 14.7 Å². The number of carbonyl (C=O) groups excluding carboxylic acids is 1. The van der Waals surface area contributed by atoms with Crippen LogP contribution in [0.4, 0.5) is 0 Å². The van der Waals surface area contributed by atoms with Crippen LogP contribution in [0.1, 0.15) is 25.6 Å². The summed E-state index contributed by atoms with van der Waals surface area (Å²) >= 11 is 4.98. The first-order chi connectivity index (χ1) is 7.30. The third-order valence-corrected chi connectivity index (χ3v) is 3.97. The van der Waals surface area contributed by atoms with Crippen molar-refractivity contribution in [1.29, 1.82) is 0 Å². The lowest BCUT2D eigenvalue weighted by molar-refractivity contribution is -0.124. The van der Waals surface area contributed by atoms with E-state index < -0.39 is 6.04 Å². The van der Waals surface area contributed by atoms with E-state index in [2.05, 4.69) is 21.2 Å². The van der Waals surface area contributed by atoms with Crippen LogP contribution in [0.3, 0.4) is 0 Å². The molecule has 1 aromatic rings. The van der Waals surface area contributed by atoms with Crippen molar-refractivity contribution in [2.24, 2.45) is 11.1 Å². The molecule has 0 unspecified atom stereocenters. The summed E-state index contributed by atoms with van der Waals surface area (Å²) in [5.74, 6) is -0.1000. The molecule has 98 valence electrons. The molecule has 0 aromatic carbocycles. The zero-order chi connectivity index (χ0) is 12.3. The summed E-state index contributed by atoms with van der Waals surface area (Å²) in [7, 11) is 0. The summed E-state index contributed by atoms with van der Waals surface area (Å²) in [4.78, 5) is 12.8. The maximum atomic E-state index is 11.7. The highest BCUT2D eigenvalue weighted by atomic mass is 79.9. The third-order valence-electron chi connectivity index (χ3n) is 2.27. The van der Waals surface area contributed by atoms with Gasteiger partial charge in [-0.2, -0.15) is 0 Å². The molecule has 1 atom stereocenters. The van der Waals surface area contributed by atoms with Crippen LogP contribution in [-0.4, -0.2) is 11.9 Å². The summed E-state index contributed by atoms with van der Waals surface area (Å²) in [6, 6.07) is 1.52. The Morgan fingerprint density at radius 2 is 2.18 bits per heavy atom. The number of halogens is 2. The minimum Gasteiger partial charge on any atom is -0.350 e. The van der Waals surface area contributed by atoms with E-state index in [0.29, 0.717) is 6.54 Å². The van der Waals surface area contributed by atoms with Gasteiger partial charge in [0.2, 0.25) is 5.91 Å². The molecule has 0 fully saturated rings. The molecule has 0 spiro atoms. The first-order valence-corrected chi connectivity index (χ1v) is 6.74. The van der Waals surface area contributed by atoms with Gasteiger partial charge in [-0.3, -0.25) is 4.79 Å². The van der Waals surface area contributed by atoms with Gasteiger partial charge >= 0.3 is 0 Å². The molecule has 0 aliphatic rings. The highest BCUT2D eigenvalue weighted by molar-refractivity contribution is 9.10. The summed E-state index contributed by atoms with van der Waals surface area (Å²) < 4.78 is 1.04.